The van der Waals surface area contributed by atoms with Crippen molar-refractivity contribution in [2.45, 2.75) is 6.04 Å². The van der Waals surface area contributed by atoms with E-state index in [0.29, 0.717) is 0 Å². The van der Waals surface area contributed by atoms with Gasteiger partial charge in [-0.2, -0.15) is 0 Å². The Morgan fingerprint density at radius 2 is 1.48 bits per heavy atom. The summed E-state index contributed by atoms with van der Waals surface area (Å²) in [5, 5.41) is 2.18. The van der Waals surface area contributed by atoms with Crippen LogP contribution in [0.5, 0.6) is 0 Å². The first-order valence-corrected chi connectivity index (χ1v) is 9.83. The second kappa shape index (κ2) is 7.02. The van der Waals surface area contributed by atoms with E-state index in [1.807, 2.05) is 24.3 Å². The van der Waals surface area contributed by atoms with Gasteiger partial charge in [-0.1, -0.05) is 61.2 Å². The molecule has 1 aliphatic carbocycles. The van der Waals surface area contributed by atoms with E-state index in [9.17, 15) is 0 Å². The Bertz CT molecular complexity index is 1110. The van der Waals surface area contributed by atoms with Crippen molar-refractivity contribution in [2.75, 3.05) is 22.4 Å². The van der Waals surface area contributed by atoms with Crippen LogP contribution in [0.3, 0.4) is 0 Å². The van der Waals surface area contributed by atoms with Gasteiger partial charge in [0, 0.05) is 18.3 Å². The molecule has 0 fully saturated rings. The zero-order valence-corrected chi connectivity index (χ0v) is 16.4. The van der Waals surface area contributed by atoms with Gasteiger partial charge in [0.15, 0.2) is 0 Å². The number of allylic oxidation sites excluding steroid dienone is 3. The van der Waals surface area contributed by atoms with Crippen LogP contribution < -0.4 is 15.3 Å². The van der Waals surface area contributed by atoms with Crippen LogP contribution in [0.25, 0.3) is 5.57 Å². The second-order valence-corrected chi connectivity index (χ2v) is 7.42. The molecule has 3 heteroatoms. The fraction of sp³-hybridized carbons (Fsp3) is 0.0769. The van der Waals surface area contributed by atoms with Gasteiger partial charge in [0.1, 0.15) is 0 Å². The maximum atomic E-state index is 4.28. The fourth-order valence-corrected chi connectivity index (χ4v) is 4.23. The largest absolute Gasteiger partial charge is 0.361 e. The maximum absolute atomic E-state index is 4.28. The highest BCUT2D eigenvalue weighted by atomic mass is 15.5. The summed E-state index contributed by atoms with van der Waals surface area (Å²) >= 11 is 0. The molecule has 3 nitrogen and oxygen atoms in total. The van der Waals surface area contributed by atoms with E-state index < -0.39 is 0 Å². The Morgan fingerprint density at radius 1 is 0.828 bits per heavy atom. The van der Waals surface area contributed by atoms with Crippen molar-refractivity contribution in [3.63, 3.8) is 0 Å². The normalized spacial score (nSPS) is 17.2. The molecule has 0 radical (unpaired) electrons. The molecule has 1 unspecified atom stereocenters. The van der Waals surface area contributed by atoms with Gasteiger partial charge < -0.3 is 4.90 Å². The molecule has 0 aromatic heterocycles. The van der Waals surface area contributed by atoms with Gasteiger partial charge in [0.05, 0.1) is 23.1 Å². The van der Waals surface area contributed by atoms with Gasteiger partial charge in [0.2, 0.25) is 0 Å². The van der Waals surface area contributed by atoms with Crippen molar-refractivity contribution in [3.8, 4) is 0 Å². The molecule has 0 saturated carbocycles. The number of anilines is 3. The average molecular weight is 377 g/mol. The maximum Gasteiger partial charge on any atom is 0.0970 e. The van der Waals surface area contributed by atoms with Gasteiger partial charge in [0.25, 0.3) is 0 Å². The molecule has 0 bridgehead atoms. The van der Waals surface area contributed by atoms with Crippen molar-refractivity contribution in [3.05, 3.63) is 120 Å². The minimum absolute atomic E-state index is 0.120. The number of likely N-dealkylation sites (N-methyl/N-ethyl adjacent to an activating group) is 1. The number of nitrogens with one attached hydrogen (secondary N) is 1. The Labute approximate surface area is 171 Å². The van der Waals surface area contributed by atoms with E-state index in [-0.39, 0.29) is 6.04 Å². The number of hydrogen-bond acceptors (Lipinski definition) is 3. The van der Waals surface area contributed by atoms with E-state index in [0.717, 1.165) is 22.6 Å². The predicted molar refractivity (Wildman–Crippen MR) is 123 cm³/mol. The number of hydrazine groups is 1. The van der Waals surface area contributed by atoms with Crippen molar-refractivity contribution >= 4 is 22.6 Å². The lowest BCUT2D eigenvalue weighted by atomic mass is 9.92. The predicted octanol–water partition coefficient (Wildman–Crippen LogP) is 5.88. The second-order valence-electron chi connectivity index (χ2n) is 7.42. The lowest BCUT2D eigenvalue weighted by molar-refractivity contribution is 0.838. The van der Waals surface area contributed by atoms with Crippen molar-refractivity contribution in [1.29, 1.82) is 0 Å². The van der Waals surface area contributed by atoms with Crippen molar-refractivity contribution < 1.29 is 0 Å². The molecule has 5 rings (SSSR count). The SMILES string of the molecule is C=C1C=C2c3ccccc3N(C)C2C(N(Nc2ccccc2)c2ccccc2)=C1. The van der Waals surface area contributed by atoms with Crippen LogP contribution in [-0.4, -0.2) is 13.1 Å². The van der Waals surface area contributed by atoms with Crippen LogP contribution in [0.15, 0.2) is 115 Å². The summed E-state index contributed by atoms with van der Waals surface area (Å²) in [6.45, 7) is 4.28. The zero-order valence-electron chi connectivity index (χ0n) is 16.4. The number of nitrogens with zero attached hydrogens (tertiary/aromatic N) is 2. The number of rotatable bonds is 4. The molecular formula is C26H23N3. The zero-order chi connectivity index (χ0) is 19.8. The molecule has 1 N–H and O–H groups in total. The van der Waals surface area contributed by atoms with Crippen molar-refractivity contribution in [2.24, 2.45) is 0 Å². The van der Waals surface area contributed by atoms with E-state index in [1.54, 1.807) is 0 Å². The topological polar surface area (TPSA) is 18.5 Å². The molecule has 1 aliphatic heterocycles. The summed E-state index contributed by atoms with van der Waals surface area (Å²) < 4.78 is 0. The highest BCUT2D eigenvalue weighted by Crippen LogP contribution is 2.46. The number of para-hydroxylation sites is 3. The highest BCUT2D eigenvalue weighted by Gasteiger charge is 2.38. The molecule has 0 saturated heterocycles. The van der Waals surface area contributed by atoms with Gasteiger partial charge in [-0.25, -0.2) is 0 Å². The first-order chi connectivity index (χ1) is 14.2. The smallest absolute Gasteiger partial charge is 0.0970 e. The molecule has 0 spiro atoms. The average Bonchev–Trinajstić information content (AvgIpc) is 3.05. The number of benzene rings is 3. The number of fused-ring (bicyclic) bond motifs is 3. The van der Waals surface area contributed by atoms with Crippen LogP contribution in [0.1, 0.15) is 5.56 Å². The Kier molecular flexibility index (Phi) is 4.21. The van der Waals surface area contributed by atoms with Crippen LogP contribution >= 0.6 is 0 Å². The van der Waals surface area contributed by atoms with E-state index in [1.165, 1.54) is 16.8 Å². The molecule has 1 heterocycles. The molecule has 3 aromatic carbocycles. The Hall–Kier alpha value is -3.72. The van der Waals surface area contributed by atoms with Crippen molar-refractivity contribution in [1.82, 2.24) is 0 Å². The van der Waals surface area contributed by atoms with Crippen LogP contribution in [-0.2, 0) is 0 Å². The minimum atomic E-state index is 0.120. The fourth-order valence-electron chi connectivity index (χ4n) is 4.23. The lowest BCUT2D eigenvalue weighted by Gasteiger charge is -2.37. The van der Waals surface area contributed by atoms with E-state index in [2.05, 4.69) is 102 Å². The minimum Gasteiger partial charge on any atom is -0.361 e. The summed E-state index contributed by atoms with van der Waals surface area (Å²) in [5.41, 5.74) is 11.7. The lowest BCUT2D eigenvalue weighted by Crippen LogP contribution is -2.42. The molecule has 2 aliphatic rings. The number of hydrogen-bond donors (Lipinski definition) is 1. The van der Waals surface area contributed by atoms with Gasteiger partial charge in [-0.15, -0.1) is 0 Å². The Morgan fingerprint density at radius 3 is 2.24 bits per heavy atom. The first-order valence-electron chi connectivity index (χ1n) is 9.83. The summed E-state index contributed by atoms with van der Waals surface area (Å²) in [4.78, 5) is 2.35. The van der Waals surface area contributed by atoms with Crippen LogP contribution in [0.2, 0.25) is 0 Å². The van der Waals surface area contributed by atoms with E-state index >= 15 is 0 Å². The van der Waals surface area contributed by atoms with Gasteiger partial charge in [-0.05, 0) is 53.6 Å². The summed E-state index contributed by atoms with van der Waals surface area (Å²) in [5.74, 6) is 0. The molecule has 1 atom stereocenters. The third kappa shape index (κ3) is 3.01. The molecule has 29 heavy (non-hydrogen) atoms. The summed E-state index contributed by atoms with van der Waals surface area (Å²) in [6.07, 6.45) is 4.39. The standard InChI is InChI=1S/C26H23N3/c1-19-17-23-22-15-9-10-16-24(22)28(2)26(23)25(18-19)29(21-13-7-4-8-14-21)27-20-11-5-3-6-12-20/h3-18,26-27H,1H2,2H3. The third-order valence-corrected chi connectivity index (χ3v) is 5.52. The van der Waals surface area contributed by atoms with Crippen LogP contribution in [0.4, 0.5) is 17.1 Å². The molecule has 0 amide bonds. The molecule has 142 valence electrons. The van der Waals surface area contributed by atoms with Crippen LogP contribution in [0, 0.1) is 0 Å². The Balaban J connectivity index is 1.62. The quantitative estimate of drug-likeness (QED) is 0.573. The molecular weight excluding hydrogens is 354 g/mol. The highest BCUT2D eigenvalue weighted by molar-refractivity contribution is 5.93. The summed E-state index contributed by atoms with van der Waals surface area (Å²) in [7, 11) is 2.16. The van der Waals surface area contributed by atoms with Gasteiger partial charge in [-0.3, -0.25) is 10.4 Å². The summed E-state index contributed by atoms with van der Waals surface area (Å²) in [6, 6.07) is 29.4. The van der Waals surface area contributed by atoms with Gasteiger partial charge >= 0.3 is 0 Å². The molecule has 3 aromatic rings. The van der Waals surface area contributed by atoms with E-state index in [4.69, 9.17) is 0 Å². The monoisotopic (exact) mass is 377 g/mol. The third-order valence-electron chi connectivity index (χ3n) is 5.52. The first kappa shape index (κ1) is 17.4.